The third-order valence-corrected chi connectivity index (χ3v) is 2.66. The molecule has 1 heterocycles. The fraction of sp³-hybridized carbons (Fsp3) is 0.750. The van der Waals surface area contributed by atoms with Crippen LogP contribution in [-0.4, -0.2) is 23.8 Å². The van der Waals surface area contributed by atoms with Crippen LogP contribution in [0, 0.1) is 5.92 Å². The van der Waals surface area contributed by atoms with E-state index in [1.54, 1.807) is 0 Å². The van der Waals surface area contributed by atoms with Gasteiger partial charge in [-0.05, 0) is 18.8 Å². The standard InChI is InChI=1S/C12H20O3/c1-2-4-10-5-3-6-11(13)7-8-15-12(14)9-10/h3,6,10-11,13H,2,4-5,7-9H2,1H3/b6-3+/t10-,11+/m0/s1. The topological polar surface area (TPSA) is 46.5 Å². The zero-order chi connectivity index (χ0) is 11.1. The van der Waals surface area contributed by atoms with E-state index < -0.39 is 6.10 Å². The van der Waals surface area contributed by atoms with Gasteiger partial charge in [-0.15, -0.1) is 0 Å². The van der Waals surface area contributed by atoms with E-state index in [2.05, 4.69) is 6.92 Å². The summed E-state index contributed by atoms with van der Waals surface area (Å²) in [5.74, 6) is 0.236. The van der Waals surface area contributed by atoms with Crippen LogP contribution >= 0.6 is 0 Å². The number of esters is 1. The number of cyclic esters (lactones) is 1. The van der Waals surface area contributed by atoms with Gasteiger partial charge >= 0.3 is 5.97 Å². The summed E-state index contributed by atoms with van der Waals surface area (Å²) in [6, 6.07) is 0. The fourth-order valence-electron chi connectivity index (χ4n) is 1.82. The molecule has 1 aliphatic heterocycles. The van der Waals surface area contributed by atoms with Crippen molar-refractivity contribution in [3.8, 4) is 0 Å². The summed E-state index contributed by atoms with van der Waals surface area (Å²) in [5.41, 5.74) is 0. The molecule has 1 N–H and O–H groups in total. The van der Waals surface area contributed by atoms with Gasteiger partial charge in [0.25, 0.3) is 0 Å². The van der Waals surface area contributed by atoms with Gasteiger partial charge in [0.15, 0.2) is 0 Å². The summed E-state index contributed by atoms with van der Waals surface area (Å²) in [6.07, 6.45) is 7.31. The van der Waals surface area contributed by atoms with Crippen molar-refractivity contribution >= 4 is 5.97 Å². The molecule has 0 amide bonds. The van der Waals surface area contributed by atoms with Gasteiger partial charge in [-0.25, -0.2) is 0 Å². The lowest BCUT2D eigenvalue weighted by Gasteiger charge is -2.16. The minimum absolute atomic E-state index is 0.129. The maximum atomic E-state index is 11.4. The molecule has 86 valence electrons. The highest BCUT2D eigenvalue weighted by molar-refractivity contribution is 5.69. The molecule has 0 radical (unpaired) electrons. The number of aliphatic hydroxyl groups excluding tert-OH is 1. The van der Waals surface area contributed by atoms with E-state index in [9.17, 15) is 9.90 Å². The normalized spacial score (nSPS) is 30.7. The largest absolute Gasteiger partial charge is 0.466 e. The molecule has 0 saturated heterocycles. The summed E-state index contributed by atoms with van der Waals surface area (Å²) >= 11 is 0. The molecule has 0 spiro atoms. The van der Waals surface area contributed by atoms with Crippen LogP contribution in [0.5, 0.6) is 0 Å². The van der Waals surface area contributed by atoms with Crippen LogP contribution in [0.25, 0.3) is 0 Å². The number of rotatable bonds is 2. The molecule has 0 aromatic carbocycles. The number of hydrogen-bond donors (Lipinski definition) is 1. The Hall–Kier alpha value is -0.830. The van der Waals surface area contributed by atoms with E-state index in [1.807, 2.05) is 12.2 Å². The lowest BCUT2D eigenvalue weighted by Crippen LogP contribution is -2.16. The van der Waals surface area contributed by atoms with E-state index in [4.69, 9.17) is 4.74 Å². The van der Waals surface area contributed by atoms with Gasteiger partial charge < -0.3 is 9.84 Å². The second kappa shape index (κ2) is 6.62. The van der Waals surface area contributed by atoms with Crippen molar-refractivity contribution in [1.82, 2.24) is 0 Å². The van der Waals surface area contributed by atoms with E-state index >= 15 is 0 Å². The van der Waals surface area contributed by atoms with Crippen LogP contribution < -0.4 is 0 Å². The van der Waals surface area contributed by atoms with Crippen LogP contribution in [0.3, 0.4) is 0 Å². The Morgan fingerprint density at radius 3 is 3.13 bits per heavy atom. The van der Waals surface area contributed by atoms with Crippen molar-refractivity contribution in [3.05, 3.63) is 12.2 Å². The van der Waals surface area contributed by atoms with E-state index in [0.717, 1.165) is 19.3 Å². The Kier molecular flexibility index (Phi) is 5.40. The Labute approximate surface area is 91.1 Å². The molecular weight excluding hydrogens is 192 g/mol. The summed E-state index contributed by atoms with van der Waals surface area (Å²) in [6.45, 7) is 2.44. The second-order valence-corrected chi connectivity index (χ2v) is 4.10. The number of carbonyl (C=O) groups is 1. The van der Waals surface area contributed by atoms with Crippen LogP contribution in [0.1, 0.15) is 39.0 Å². The molecule has 0 aromatic rings. The molecule has 0 aromatic heterocycles. The van der Waals surface area contributed by atoms with Gasteiger partial charge in [0, 0.05) is 12.8 Å². The lowest BCUT2D eigenvalue weighted by atomic mass is 9.95. The zero-order valence-corrected chi connectivity index (χ0v) is 9.32. The quantitative estimate of drug-likeness (QED) is 0.563. The van der Waals surface area contributed by atoms with Crippen molar-refractivity contribution in [2.45, 2.75) is 45.1 Å². The Morgan fingerprint density at radius 2 is 2.40 bits per heavy atom. The molecule has 1 aliphatic rings. The first-order valence-corrected chi connectivity index (χ1v) is 5.72. The van der Waals surface area contributed by atoms with Gasteiger partial charge in [-0.1, -0.05) is 25.5 Å². The van der Waals surface area contributed by atoms with Crippen LogP contribution in [0.15, 0.2) is 12.2 Å². The molecule has 0 aliphatic carbocycles. The lowest BCUT2D eigenvalue weighted by molar-refractivity contribution is -0.145. The van der Waals surface area contributed by atoms with Crippen LogP contribution in [-0.2, 0) is 9.53 Å². The first-order chi connectivity index (χ1) is 7.22. The van der Waals surface area contributed by atoms with Gasteiger partial charge in [0.05, 0.1) is 12.7 Å². The Bertz CT molecular complexity index is 223. The Balaban J connectivity index is 2.53. The first-order valence-electron chi connectivity index (χ1n) is 5.72. The monoisotopic (exact) mass is 212 g/mol. The fourth-order valence-corrected chi connectivity index (χ4v) is 1.82. The van der Waals surface area contributed by atoms with Gasteiger partial charge in [-0.3, -0.25) is 4.79 Å². The van der Waals surface area contributed by atoms with Crippen molar-refractivity contribution in [1.29, 1.82) is 0 Å². The summed E-state index contributed by atoms with van der Waals surface area (Å²) in [7, 11) is 0. The van der Waals surface area contributed by atoms with Gasteiger partial charge in [0.1, 0.15) is 0 Å². The number of aliphatic hydroxyl groups is 1. The van der Waals surface area contributed by atoms with Crippen LogP contribution in [0.2, 0.25) is 0 Å². The number of allylic oxidation sites excluding steroid dienone is 1. The molecule has 0 saturated carbocycles. The maximum Gasteiger partial charge on any atom is 0.306 e. The summed E-state index contributed by atoms with van der Waals surface area (Å²) in [4.78, 5) is 11.4. The Morgan fingerprint density at radius 1 is 1.60 bits per heavy atom. The number of hydrogen-bond acceptors (Lipinski definition) is 3. The molecule has 0 bridgehead atoms. The predicted molar refractivity (Wildman–Crippen MR) is 58.4 cm³/mol. The van der Waals surface area contributed by atoms with Crippen molar-refractivity contribution in [2.24, 2.45) is 5.92 Å². The first kappa shape index (κ1) is 12.2. The molecule has 1 rings (SSSR count). The highest BCUT2D eigenvalue weighted by Gasteiger charge is 2.15. The second-order valence-electron chi connectivity index (χ2n) is 4.10. The number of carbonyl (C=O) groups excluding carboxylic acids is 1. The van der Waals surface area contributed by atoms with Crippen LogP contribution in [0.4, 0.5) is 0 Å². The molecule has 0 fully saturated rings. The third-order valence-electron chi connectivity index (χ3n) is 2.66. The smallest absolute Gasteiger partial charge is 0.306 e. The molecular formula is C12H20O3. The molecule has 15 heavy (non-hydrogen) atoms. The zero-order valence-electron chi connectivity index (χ0n) is 9.32. The highest BCUT2D eigenvalue weighted by atomic mass is 16.5. The average molecular weight is 212 g/mol. The molecule has 0 unspecified atom stereocenters. The number of ether oxygens (including phenoxy) is 1. The minimum Gasteiger partial charge on any atom is -0.466 e. The predicted octanol–water partition coefficient (Wildman–Crippen LogP) is 2.05. The van der Waals surface area contributed by atoms with E-state index in [-0.39, 0.29) is 5.97 Å². The van der Waals surface area contributed by atoms with E-state index in [1.165, 1.54) is 0 Å². The van der Waals surface area contributed by atoms with Gasteiger partial charge in [0.2, 0.25) is 0 Å². The van der Waals surface area contributed by atoms with E-state index in [0.29, 0.717) is 25.4 Å². The average Bonchev–Trinajstić information content (AvgIpc) is 2.17. The summed E-state index contributed by atoms with van der Waals surface area (Å²) < 4.78 is 5.03. The molecule has 2 atom stereocenters. The maximum absolute atomic E-state index is 11.4. The SMILES string of the molecule is CCC[C@H]1C/C=C/[C@@H](O)CCOC(=O)C1. The van der Waals surface area contributed by atoms with Gasteiger partial charge in [-0.2, -0.15) is 0 Å². The van der Waals surface area contributed by atoms with Crippen molar-refractivity contribution in [3.63, 3.8) is 0 Å². The van der Waals surface area contributed by atoms with Crippen molar-refractivity contribution < 1.29 is 14.6 Å². The molecule has 3 nitrogen and oxygen atoms in total. The minimum atomic E-state index is -0.474. The molecule has 3 heteroatoms. The third kappa shape index (κ3) is 4.98. The highest BCUT2D eigenvalue weighted by Crippen LogP contribution is 2.18. The van der Waals surface area contributed by atoms with Crippen molar-refractivity contribution in [2.75, 3.05) is 6.61 Å². The summed E-state index contributed by atoms with van der Waals surface area (Å²) in [5, 5.41) is 9.46.